The zero-order valence-electron chi connectivity index (χ0n) is 11.4. The Bertz CT molecular complexity index is 575. The summed E-state index contributed by atoms with van der Waals surface area (Å²) in [4.78, 5) is 0. The molecular weight excluding hydrogens is 430 g/mol. The SMILES string of the molecule is Br[PH](c1ccccc1)(c1ccccc1)c1ccccc1.[Rh]. The van der Waals surface area contributed by atoms with E-state index < -0.39 is 5.96 Å². The Balaban J connectivity index is 0.00000161. The molecule has 0 fully saturated rings. The number of rotatable bonds is 3. The summed E-state index contributed by atoms with van der Waals surface area (Å²) in [7, 11) is 0. The third kappa shape index (κ3) is 3.34. The number of hydrogen-bond acceptors (Lipinski definition) is 0. The van der Waals surface area contributed by atoms with Gasteiger partial charge in [-0.3, -0.25) is 0 Å². The minimum Gasteiger partial charge on any atom is 0 e. The molecule has 109 valence electrons. The van der Waals surface area contributed by atoms with Crippen LogP contribution in [0.5, 0.6) is 0 Å². The third-order valence-corrected chi connectivity index (χ3v) is 11.0. The second-order valence-electron chi connectivity index (χ2n) is 4.76. The average molecular weight is 446 g/mol. The Morgan fingerprint density at radius 2 is 0.714 bits per heavy atom. The Morgan fingerprint density at radius 3 is 0.952 bits per heavy atom. The summed E-state index contributed by atoms with van der Waals surface area (Å²) < 4.78 is 0. The average Bonchev–Trinajstić information content (AvgIpc) is 2.56. The van der Waals surface area contributed by atoms with Crippen LogP contribution in [0.4, 0.5) is 0 Å². The van der Waals surface area contributed by atoms with Crippen molar-refractivity contribution in [2.45, 2.75) is 0 Å². The van der Waals surface area contributed by atoms with Gasteiger partial charge in [0, 0.05) is 19.5 Å². The summed E-state index contributed by atoms with van der Waals surface area (Å²) in [6.07, 6.45) is 0. The standard InChI is InChI=1S/C18H16BrP.Rh/c19-20(16-10-4-1-5-11-16,17-12-6-2-7-13-17)18-14-8-3-9-15-18;/h1-15,20H;. The summed E-state index contributed by atoms with van der Waals surface area (Å²) in [6.45, 7) is 0. The molecule has 0 aliphatic rings. The molecule has 1 radical (unpaired) electrons. The molecule has 3 aromatic carbocycles. The van der Waals surface area contributed by atoms with Gasteiger partial charge in [0.05, 0.1) is 0 Å². The molecule has 0 bridgehead atoms. The molecule has 0 aromatic heterocycles. The Kier molecular flexibility index (Phi) is 5.88. The van der Waals surface area contributed by atoms with Crippen molar-refractivity contribution in [1.29, 1.82) is 0 Å². The van der Waals surface area contributed by atoms with E-state index in [0.29, 0.717) is 0 Å². The van der Waals surface area contributed by atoms with E-state index in [0.717, 1.165) is 0 Å². The largest absolute Gasteiger partial charge is 0 e. The van der Waals surface area contributed by atoms with Crippen molar-refractivity contribution < 1.29 is 19.5 Å². The first-order valence-electron chi connectivity index (χ1n) is 6.67. The molecule has 0 atom stereocenters. The summed E-state index contributed by atoms with van der Waals surface area (Å²) in [6, 6.07) is 32.2. The molecule has 0 aliphatic carbocycles. The molecule has 3 aromatic rings. The fourth-order valence-corrected chi connectivity index (χ4v) is 7.84. The van der Waals surface area contributed by atoms with Crippen molar-refractivity contribution in [2.24, 2.45) is 0 Å². The molecule has 0 nitrogen and oxygen atoms in total. The molecular formula is C18H16BrPRh. The Morgan fingerprint density at radius 1 is 0.476 bits per heavy atom. The van der Waals surface area contributed by atoms with Gasteiger partial charge in [0.2, 0.25) is 0 Å². The van der Waals surface area contributed by atoms with Gasteiger partial charge in [-0.15, -0.1) is 0 Å². The topological polar surface area (TPSA) is 0 Å². The van der Waals surface area contributed by atoms with Gasteiger partial charge in [-0.05, 0) is 0 Å². The first-order valence-corrected chi connectivity index (χ1v) is 10.9. The maximum Gasteiger partial charge on any atom is 0 e. The van der Waals surface area contributed by atoms with Crippen LogP contribution in [0, 0.1) is 0 Å². The van der Waals surface area contributed by atoms with E-state index in [1.165, 1.54) is 15.9 Å². The van der Waals surface area contributed by atoms with Crippen LogP contribution < -0.4 is 15.9 Å². The van der Waals surface area contributed by atoms with Crippen molar-refractivity contribution in [1.82, 2.24) is 0 Å². The van der Waals surface area contributed by atoms with Gasteiger partial charge in [-0.25, -0.2) is 0 Å². The van der Waals surface area contributed by atoms with Gasteiger partial charge in [0.25, 0.3) is 0 Å². The molecule has 0 amide bonds. The third-order valence-electron chi connectivity index (χ3n) is 3.51. The van der Waals surface area contributed by atoms with Gasteiger partial charge in [-0.1, -0.05) is 0 Å². The van der Waals surface area contributed by atoms with Crippen LogP contribution >= 0.6 is 21.5 Å². The maximum absolute atomic E-state index is 4.15. The van der Waals surface area contributed by atoms with Crippen LogP contribution in [-0.4, -0.2) is 0 Å². The zero-order valence-corrected chi connectivity index (χ0v) is 15.6. The van der Waals surface area contributed by atoms with E-state index in [9.17, 15) is 0 Å². The molecule has 0 unspecified atom stereocenters. The fraction of sp³-hybridized carbons (Fsp3) is 0. The minimum atomic E-state index is -2.07. The molecule has 0 saturated heterocycles. The molecule has 0 saturated carbocycles. The number of halogens is 1. The zero-order chi connectivity index (χ0) is 13.8. The van der Waals surface area contributed by atoms with Crippen molar-refractivity contribution in [3.63, 3.8) is 0 Å². The minimum absolute atomic E-state index is 0. The first-order chi connectivity index (χ1) is 9.82. The van der Waals surface area contributed by atoms with E-state index in [1.807, 2.05) is 0 Å². The van der Waals surface area contributed by atoms with Gasteiger partial charge in [0.1, 0.15) is 0 Å². The molecule has 21 heavy (non-hydrogen) atoms. The quantitative estimate of drug-likeness (QED) is 0.422. The van der Waals surface area contributed by atoms with Gasteiger partial charge >= 0.3 is 128 Å². The van der Waals surface area contributed by atoms with Crippen LogP contribution in [0.2, 0.25) is 0 Å². The van der Waals surface area contributed by atoms with E-state index in [-0.39, 0.29) is 19.5 Å². The van der Waals surface area contributed by atoms with E-state index >= 15 is 0 Å². The molecule has 0 spiro atoms. The van der Waals surface area contributed by atoms with E-state index in [1.54, 1.807) is 0 Å². The van der Waals surface area contributed by atoms with Crippen molar-refractivity contribution in [3.05, 3.63) is 91.0 Å². The fourth-order valence-electron chi connectivity index (χ4n) is 2.50. The van der Waals surface area contributed by atoms with Crippen molar-refractivity contribution >= 4 is 37.4 Å². The summed E-state index contributed by atoms with van der Waals surface area (Å²) >= 11 is 4.15. The monoisotopic (exact) mass is 445 g/mol. The Hall–Kier alpha value is -0.807. The van der Waals surface area contributed by atoms with Gasteiger partial charge in [-0.2, -0.15) is 0 Å². The van der Waals surface area contributed by atoms with Crippen LogP contribution in [0.1, 0.15) is 0 Å². The van der Waals surface area contributed by atoms with Crippen LogP contribution in [0.15, 0.2) is 91.0 Å². The van der Waals surface area contributed by atoms with E-state index in [4.69, 9.17) is 0 Å². The molecule has 0 heterocycles. The van der Waals surface area contributed by atoms with Gasteiger partial charge < -0.3 is 0 Å². The van der Waals surface area contributed by atoms with Crippen molar-refractivity contribution in [2.75, 3.05) is 0 Å². The molecule has 0 aliphatic heterocycles. The number of benzene rings is 3. The summed E-state index contributed by atoms with van der Waals surface area (Å²) in [5.74, 6) is -2.07. The first kappa shape index (κ1) is 16.6. The summed E-state index contributed by atoms with van der Waals surface area (Å²) in [5.41, 5.74) is 0. The predicted octanol–water partition coefficient (Wildman–Crippen LogP) is 4.02. The van der Waals surface area contributed by atoms with Crippen LogP contribution in [0.25, 0.3) is 0 Å². The second-order valence-corrected chi connectivity index (χ2v) is 11.4. The normalized spacial score (nSPS) is 11.5. The maximum atomic E-state index is 4.15. The van der Waals surface area contributed by atoms with Crippen LogP contribution in [-0.2, 0) is 19.5 Å². The summed E-state index contributed by atoms with van der Waals surface area (Å²) in [5, 5.41) is 4.12. The molecule has 3 heteroatoms. The second kappa shape index (κ2) is 7.45. The number of hydrogen-bond donors (Lipinski definition) is 0. The van der Waals surface area contributed by atoms with Crippen LogP contribution in [0.3, 0.4) is 0 Å². The van der Waals surface area contributed by atoms with Gasteiger partial charge in [0.15, 0.2) is 0 Å². The van der Waals surface area contributed by atoms with E-state index in [2.05, 4.69) is 106 Å². The van der Waals surface area contributed by atoms with Crippen molar-refractivity contribution in [3.8, 4) is 0 Å². The smallest absolute Gasteiger partial charge is 0 e. The molecule has 3 rings (SSSR count). The predicted molar refractivity (Wildman–Crippen MR) is 95.5 cm³/mol. The molecule has 0 N–H and O–H groups in total. The Labute approximate surface area is 147 Å².